The SMILES string of the molecule is COc1ccc(Cl)c(O)c1[C@H](N)C(F)(F)CO.Cl. The van der Waals surface area contributed by atoms with Crippen LogP contribution >= 0.6 is 24.0 Å². The van der Waals surface area contributed by atoms with Crippen LogP contribution in [0.1, 0.15) is 11.6 Å². The first-order chi connectivity index (χ1) is 7.85. The Balaban J connectivity index is 0.00000289. The Morgan fingerprint density at radius 3 is 2.50 bits per heavy atom. The fraction of sp³-hybridized carbons (Fsp3) is 0.400. The molecule has 1 rings (SSSR count). The fourth-order valence-corrected chi connectivity index (χ4v) is 1.52. The summed E-state index contributed by atoms with van der Waals surface area (Å²) in [5.41, 5.74) is 4.99. The molecule has 1 atom stereocenters. The minimum Gasteiger partial charge on any atom is -0.506 e. The molecule has 8 heteroatoms. The van der Waals surface area contributed by atoms with Crippen LogP contribution < -0.4 is 10.5 Å². The van der Waals surface area contributed by atoms with Gasteiger partial charge in [-0.15, -0.1) is 12.4 Å². The van der Waals surface area contributed by atoms with E-state index in [-0.39, 0.29) is 28.7 Å². The number of phenolic OH excluding ortho intramolecular Hbond substituents is 1. The molecule has 1 aromatic rings. The van der Waals surface area contributed by atoms with Gasteiger partial charge in [0.1, 0.15) is 24.1 Å². The number of hydrogen-bond acceptors (Lipinski definition) is 4. The molecule has 4 nitrogen and oxygen atoms in total. The van der Waals surface area contributed by atoms with E-state index in [2.05, 4.69) is 0 Å². The molecule has 0 heterocycles. The molecule has 0 radical (unpaired) electrons. The first-order valence-electron chi connectivity index (χ1n) is 4.64. The van der Waals surface area contributed by atoms with Gasteiger partial charge >= 0.3 is 0 Å². The van der Waals surface area contributed by atoms with Gasteiger partial charge in [0.25, 0.3) is 5.92 Å². The third kappa shape index (κ3) is 3.14. The fourth-order valence-electron chi connectivity index (χ4n) is 1.35. The number of hydrogen-bond donors (Lipinski definition) is 3. The van der Waals surface area contributed by atoms with Gasteiger partial charge in [-0.25, -0.2) is 8.78 Å². The molecular formula is C10H13Cl2F2NO3. The van der Waals surface area contributed by atoms with Crippen molar-refractivity contribution in [2.45, 2.75) is 12.0 Å². The van der Waals surface area contributed by atoms with E-state index >= 15 is 0 Å². The van der Waals surface area contributed by atoms with E-state index in [4.69, 9.17) is 27.2 Å². The third-order valence-electron chi connectivity index (χ3n) is 2.32. The number of phenols is 1. The highest BCUT2D eigenvalue weighted by molar-refractivity contribution is 6.32. The van der Waals surface area contributed by atoms with E-state index in [1.807, 2.05) is 0 Å². The van der Waals surface area contributed by atoms with Crippen LogP contribution in [0.2, 0.25) is 5.02 Å². The minimum atomic E-state index is -3.59. The summed E-state index contributed by atoms with van der Waals surface area (Å²) in [6, 6.07) is 0.689. The quantitative estimate of drug-likeness (QED) is 0.796. The summed E-state index contributed by atoms with van der Waals surface area (Å²) in [5.74, 6) is -4.19. The second-order valence-electron chi connectivity index (χ2n) is 3.41. The van der Waals surface area contributed by atoms with Crippen LogP contribution in [-0.4, -0.2) is 29.9 Å². The van der Waals surface area contributed by atoms with E-state index in [0.29, 0.717) is 0 Å². The Morgan fingerprint density at radius 1 is 1.50 bits per heavy atom. The van der Waals surface area contributed by atoms with Crippen LogP contribution in [0.4, 0.5) is 8.78 Å². The summed E-state index contributed by atoms with van der Waals surface area (Å²) >= 11 is 5.61. The molecule has 0 saturated heterocycles. The monoisotopic (exact) mass is 303 g/mol. The summed E-state index contributed by atoms with van der Waals surface area (Å²) in [4.78, 5) is 0. The lowest BCUT2D eigenvalue weighted by Gasteiger charge is -2.24. The lowest BCUT2D eigenvalue weighted by Crippen LogP contribution is -2.36. The number of aliphatic hydroxyl groups excluding tert-OH is 1. The van der Waals surface area contributed by atoms with Gasteiger partial charge in [0, 0.05) is 0 Å². The number of benzene rings is 1. The van der Waals surface area contributed by atoms with Crippen LogP contribution in [0.5, 0.6) is 11.5 Å². The number of aromatic hydroxyl groups is 1. The topological polar surface area (TPSA) is 75.7 Å². The van der Waals surface area contributed by atoms with Gasteiger partial charge in [-0.05, 0) is 12.1 Å². The molecule has 1 aromatic carbocycles. The van der Waals surface area contributed by atoms with Gasteiger partial charge in [-0.2, -0.15) is 0 Å². The van der Waals surface area contributed by atoms with Crippen molar-refractivity contribution in [1.82, 2.24) is 0 Å². The van der Waals surface area contributed by atoms with Crippen molar-refractivity contribution in [3.8, 4) is 11.5 Å². The molecule has 0 amide bonds. The van der Waals surface area contributed by atoms with Gasteiger partial charge in [0.15, 0.2) is 0 Å². The molecule has 0 bridgehead atoms. The van der Waals surface area contributed by atoms with Crippen molar-refractivity contribution in [2.24, 2.45) is 5.73 Å². The number of nitrogens with two attached hydrogens (primary N) is 1. The first kappa shape index (κ1) is 17.2. The van der Waals surface area contributed by atoms with E-state index in [0.717, 1.165) is 0 Å². The Labute approximate surface area is 114 Å². The third-order valence-corrected chi connectivity index (χ3v) is 2.63. The molecule has 0 aliphatic rings. The van der Waals surface area contributed by atoms with Crippen molar-refractivity contribution in [3.05, 3.63) is 22.7 Å². The zero-order valence-corrected chi connectivity index (χ0v) is 10.9. The lowest BCUT2D eigenvalue weighted by molar-refractivity contribution is -0.0719. The maximum Gasteiger partial charge on any atom is 0.289 e. The maximum atomic E-state index is 13.3. The second-order valence-corrected chi connectivity index (χ2v) is 3.82. The van der Waals surface area contributed by atoms with Gasteiger partial charge in [-0.1, -0.05) is 11.6 Å². The number of halogens is 4. The first-order valence-corrected chi connectivity index (χ1v) is 5.02. The van der Waals surface area contributed by atoms with E-state index in [1.54, 1.807) is 0 Å². The highest BCUT2D eigenvalue weighted by Crippen LogP contribution is 2.42. The van der Waals surface area contributed by atoms with Gasteiger partial charge in [0.05, 0.1) is 17.7 Å². The van der Waals surface area contributed by atoms with Crippen molar-refractivity contribution in [1.29, 1.82) is 0 Å². The summed E-state index contributed by atoms with van der Waals surface area (Å²) < 4.78 is 31.4. The van der Waals surface area contributed by atoms with Crippen LogP contribution in [0.15, 0.2) is 12.1 Å². The molecular weight excluding hydrogens is 291 g/mol. The standard InChI is InChI=1S/C10H12ClF2NO3.ClH/c1-17-6-3-2-5(11)8(16)7(6)9(14)10(12,13)4-15;/h2-3,9,15-16H,4,14H2,1H3;1H/t9-;/m0./s1. The van der Waals surface area contributed by atoms with Gasteiger partial charge in [0.2, 0.25) is 0 Å². The summed E-state index contributed by atoms with van der Waals surface area (Å²) in [6.07, 6.45) is 0. The average molecular weight is 304 g/mol. The number of aliphatic hydroxyl groups is 1. The number of rotatable bonds is 4. The molecule has 0 unspecified atom stereocenters. The van der Waals surface area contributed by atoms with Crippen LogP contribution in [0.25, 0.3) is 0 Å². The predicted molar refractivity (Wildman–Crippen MR) is 65.9 cm³/mol. The van der Waals surface area contributed by atoms with Crippen molar-refractivity contribution < 1.29 is 23.7 Å². The summed E-state index contributed by atoms with van der Waals surface area (Å²) in [5, 5.41) is 18.1. The van der Waals surface area contributed by atoms with Crippen LogP contribution in [0.3, 0.4) is 0 Å². The summed E-state index contributed by atoms with van der Waals surface area (Å²) in [6.45, 7) is -1.44. The highest BCUT2D eigenvalue weighted by atomic mass is 35.5. The number of alkyl halides is 2. The molecule has 0 saturated carbocycles. The van der Waals surface area contributed by atoms with Gasteiger partial charge < -0.3 is 20.7 Å². The van der Waals surface area contributed by atoms with Gasteiger partial charge in [-0.3, -0.25) is 0 Å². The Morgan fingerprint density at radius 2 is 2.06 bits per heavy atom. The lowest BCUT2D eigenvalue weighted by atomic mass is 9.99. The zero-order chi connectivity index (χ0) is 13.2. The van der Waals surface area contributed by atoms with Crippen molar-refractivity contribution in [2.75, 3.05) is 13.7 Å². The molecule has 104 valence electrons. The summed E-state index contributed by atoms with van der Waals surface area (Å²) in [7, 11) is 1.25. The number of methoxy groups -OCH3 is 1. The normalized spacial score (nSPS) is 12.8. The second kappa shape index (κ2) is 6.38. The van der Waals surface area contributed by atoms with E-state index < -0.39 is 24.3 Å². The molecule has 0 aliphatic carbocycles. The van der Waals surface area contributed by atoms with E-state index in [1.165, 1.54) is 19.2 Å². The number of ether oxygens (including phenoxy) is 1. The Bertz CT molecular complexity index is 418. The molecule has 4 N–H and O–H groups in total. The Kier molecular flexibility index (Phi) is 6.09. The van der Waals surface area contributed by atoms with Crippen molar-refractivity contribution in [3.63, 3.8) is 0 Å². The molecule has 0 aromatic heterocycles. The maximum absolute atomic E-state index is 13.3. The minimum absolute atomic E-state index is 0. The largest absolute Gasteiger partial charge is 0.506 e. The Hall–Kier alpha value is -0.820. The van der Waals surface area contributed by atoms with Crippen LogP contribution in [-0.2, 0) is 0 Å². The molecule has 0 fully saturated rings. The van der Waals surface area contributed by atoms with Crippen molar-refractivity contribution >= 4 is 24.0 Å². The average Bonchev–Trinajstić information content (AvgIpc) is 2.31. The zero-order valence-electron chi connectivity index (χ0n) is 9.36. The van der Waals surface area contributed by atoms with E-state index in [9.17, 15) is 13.9 Å². The predicted octanol–water partition coefficient (Wildman–Crippen LogP) is 2.10. The van der Waals surface area contributed by atoms with Crippen LogP contribution in [0, 0.1) is 0 Å². The smallest absolute Gasteiger partial charge is 0.289 e. The molecule has 0 spiro atoms. The molecule has 0 aliphatic heterocycles. The molecule has 18 heavy (non-hydrogen) atoms. The highest BCUT2D eigenvalue weighted by Gasteiger charge is 2.40.